The van der Waals surface area contributed by atoms with Crippen molar-refractivity contribution in [2.24, 2.45) is 0 Å². The normalized spacial score (nSPS) is 9.53. The molecule has 0 saturated carbocycles. The number of carbonyl (C=O) groups excluding carboxylic acids is 1. The Kier molecular flexibility index (Phi) is 65.7. The summed E-state index contributed by atoms with van der Waals surface area (Å²) in [5, 5.41) is 38.8. The van der Waals surface area contributed by atoms with Crippen LogP contribution in [-0.2, 0) is 24.3 Å². The summed E-state index contributed by atoms with van der Waals surface area (Å²) in [5.74, 6) is -0.903. The fourth-order valence-electron chi connectivity index (χ4n) is 3.07. The zero-order valence-electron chi connectivity index (χ0n) is 24.6. The maximum Gasteiger partial charge on any atom is 4.00 e. The number of hydrogen-bond donors (Lipinski definition) is 0. The molecule has 0 aliphatic carbocycles. The van der Waals surface area contributed by atoms with E-state index in [0.29, 0.717) is 0 Å². The maximum atomic E-state index is 10.2. The molecule has 6 heteroatoms. The van der Waals surface area contributed by atoms with E-state index in [1.54, 1.807) is 0 Å². The van der Waals surface area contributed by atoms with E-state index in [-0.39, 0.29) is 45.7 Å². The molecule has 0 unspecified atom stereocenters. The Balaban J connectivity index is -0.000000163. The average molecular weight is 604 g/mol. The van der Waals surface area contributed by atoms with Gasteiger partial charge in [-0.2, -0.15) is 0 Å². The van der Waals surface area contributed by atoms with Crippen LogP contribution in [0.4, 0.5) is 0 Å². The Morgan fingerprint density at radius 3 is 0.806 bits per heavy atom. The molecule has 0 saturated heterocycles. The van der Waals surface area contributed by atoms with Crippen LogP contribution in [0.25, 0.3) is 0 Å². The van der Waals surface area contributed by atoms with Gasteiger partial charge in [0.15, 0.2) is 0 Å². The fraction of sp³-hybridized carbons (Fsp3) is 0.967. The molecule has 220 valence electrons. The van der Waals surface area contributed by atoms with Gasteiger partial charge in [-0.05, 0) is 12.8 Å². The molecule has 36 heavy (non-hydrogen) atoms. The number of carboxylic acids is 1. The summed E-state index contributed by atoms with van der Waals surface area (Å²) in [6.07, 6.45) is 25.5. The topological polar surface area (TPSA) is 109 Å². The molecular formula is C30H62O5Ru. The first-order chi connectivity index (χ1) is 17.0. The van der Waals surface area contributed by atoms with Crippen molar-refractivity contribution in [2.45, 2.75) is 169 Å². The molecule has 0 aliphatic heterocycles. The molecule has 0 radical (unpaired) electrons. The van der Waals surface area contributed by atoms with Crippen LogP contribution in [0.2, 0.25) is 0 Å². The second kappa shape index (κ2) is 51.6. The number of rotatable bonds is 22. The smallest absolute Gasteiger partial charge is 0.854 e. The van der Waals surface area contributed by atoms with Crippen LogP contribution < -0.4 is 20.4 Å². The average Bonchev–Trinajstić information content (AvgIpc) is 2.84. The molecule has 0 aromatic rings. The first kappa shape index (κ1) is 45.9. The molecule has 0 aromatic carbocycles. The third kappa shape index (κ3) is 70.0. The van der Waals surface area contributed by atoms with Crippen LogP contribution in [0.15, 0.2) is 0 Å². The molecule has 0 amide bonds. The van der Waals surface area contributed by atoms with E-state index in [4.69, 9.17) is 0 Å². The Bertz CT molecular complexity index is 310. The van der Waals surface area contributed by atoms with Crippen molar-refractivity contribution in [3.8, 4) is 0 Å². The van der Waals surface area contributed by atoms with Crippen molar-refractivity contribution in [3.63, 3.8) is 0 Å². The van der Waals surface area contributed by atoms with Crippen LogP contribution in [0.3, 0.4) is 0 Å². The van der Waals surface area contributed by atoms with E-state index in [1.165, 1.54) is 83.5 Å². The van der Waals surface area contributed by atoms with Gasteiger partial charge in [-0.25, -0.2) is 0 Å². The minimum Gasteiger partial charge on any atom is -0.854 e. The molecule has 0 aromatic heterocycles. The summed E-state index contributed by atoms with van der Waals surface area (Å²) < 4.78 is 0. The third-order valence-corrected chi connectivity index (χ3v) is 5.48. The van der Waals surface area contributed by atoms with E-state index >= 15 is 0 Å². The van der Waals surface area contributed by atoms with Crippen molar-refractivity contribution in [2.75, 3.05) is 19.8 Å². The molecule has 0 bridgehead atoms. The molecule has 0 N–H and O–H groups in total. The molecule has 5 nitrogen and oxygen atoms in total. The second-order valence-electron chi connectivity index (χ2n) is 9.24. The summed E-state index contributed by atoms with van der Waals surface area (Å²) in [4.78, 5) is 10.2. The zero-order chi connectivity index (χ0) is 27.3. The summed E-state index contributed by atoms with van der Waals surface area (Å²) in [5.41, 5.74) is 0. The first-order valence-electron chi connectivity index (χ1n) is 15.0. The van der Waals surface area contributed by atoms with Crippen LogP contribution in [0.5, 0.6) is 0 Å². The quantitative estimate of drug-likeness (QED) is 0.121. The van der Waals surface area contributed by atoms with E-state index in [1.807, 2.05) is 20.8 Å². The summed E-state index contributed by atoms with van der Waals surface area (Å²) in [6, 6.07) is 0. The van der Waals surface area contributed by atoms with Crippen LogP contribution in [0.1, 0.15) is 169 Å². The SMILES string of the molecule is CCCCCCCCCCCCCCCCCC(=O)[O-].CCCC[O-].CCCC[O-].CCCC[O-].[Ru+4]. The molecule has 0 atom stereocenters. The van der Waals surface area contributed by atoms with Crippen LogP contribution in [0, 0.1) is 0 Å². The minimum atomic E-state index is -0.903. The van der Waals surface area contributed by atoms with Gasteiger partial charge in [-0.1, -0.05) is 156 Å². The van der Waals surface area contributed by atoms with Crippen molar-refractivity contribution >= 4 is 5.97 Å². The summed E-state index contributed by atoms with van der Waals surface area (Å²) in [7, 11) is 0. The summed E-state index contributed by atoms with van der Waals surface area (Å²) in [6.45, 7) is 8.58. The predicted octanol–water partition coefficient (Wildman–Crippen LogP) is 5.44. The largest absolute Gasteiger partial charge is 4.00 e. The standard InChI is InChI=1S/C18H36O2.3C4H9O.Ru/c1-2-3-4-5-6-7-8-9-10-11-12-13-14-15-16-17-18(19)20;3*1-2-3-4-5;/h2-17H2,1H3,(H,19,20);3*2-4H2,1H3;/q;3*-1;+4/p-1. The number of carbonyl (C=O) groups is 1. The first-order valence-corrected chi connectivity index (χ1v) is 15.0. The maximum absolute atomic E-state index is 10.2. The molecule has 0 fully saturated rings. The van der Waals surface area contributed by atoms with E-state index in [0.717, 1.165) is 51.4 Å². The van der Waals surface area contributed by atoms with Crippen molar-refractivity contribution in [1.29, 1.82) is 0 Å². The van der Waals surface area contributed by atoms with E-state index in [2.05, 4.69) is 6.92 Å². The Morgan fingerprint density at radius 1 is 0.417 bits per heavy atom. The van der Waals surface area contributed by atoms with Gasteiger partial charge in [-0.15, -0.1) is 19.8 Å². The predicted molar refractivity (Wildman–Crippen MR) is 144 cm³/mol. The fourth-order valence-corrected chi connectivity index (χ4v) is 3.07. The summed E-state index contributed by atoms with van der Waals surface area (Å²) >= 11 is 0. The van der Waals surface area contributed by atoms with Gasteiger partial charge in [0, 0.05) is 5.97 Å². The monoisotopic (exact) mass is 604 g/mol. The van der Waals surface area contributed by atoms with E-state index < -0.39 is 5.97 Å². The number of carboxylic acid groups (broad SMARTS) is 1. The molecular weight excluding hydrogens is 541 g/mol. The molecule has 0 aliphatic rings. The second-order valence-corrected chi connectivity index (χ2v) is 9.24. The number of hydrogen-bond acceptors (Lipinski definition) is 5. The van der Waals surface area contributed by atoms with Gasteiger partial charge < -0.3 is 25.2 Å². The molecule has 0 rings (SSSR count). The van der Waals surface area contributed by atoms with Crippen molar-refractivity contribution in [1.82, 2.24) is 0 Å². The zero-order valence-corrected chi connectivity index (χ0v) is 26.3. The van der Waals surface area contributed by atoms with Gasteiger partial charge in [0.2, 0.25) is 0 Å². The van der Waals surface area contributed by atoms with Crippen LogP contribution in [-0.4, -0.2) is 25.8 Å². The van der Waals surface area contributed by atoms with E-state index in [9.17, 15) is 25.2 Å². The van der Waals surface area contributed by atoms with Gasteiger partial charge in [0.05, 0.1) is 0 Å². The van der Waals surface area contributed by atoms with Gasteiger partial charge in [0.1, 0.15) is 0 Å². The van der Waals surface area contributed by atoms with Gasteiger partial charge in [-0.3, -0.25) is 0 Å². The van der Waals surface area contributed by atoms with Gasteiger partial charge in [0.25, 0.3) is 0 Å². The Hall–Kier alpha value is -0.0266. The third-order valence-electron chi connectivity index (χ3n) is 5.48. The Morgan fingerprint density at radius 2 is 0.639 bits per heavy atom. The van der Waals surface area contributed by atoms with Gasteiger partial charge >= 0.3 is 19.5 Å². The Labute approximate surface area is 239 Å². The molecule has 0 spiro atoms. The van der Waals surface area contributed by atoms with Crippen molar-refractivity contribution in [3.05, 3.63) is 0 Å². The number of aliphatic carboxylic acids is 1. The minimum absolute atomic E-state index is 0. The molecule has 0 heterocycles. The van der Waals surface area contributed by atoms with Crippen LogP contribution >= 0.6 is 0 Å². The number of unbranched alkanes of at least 4 members (excludes halogenated alkanes) is 17. The van der Waals surface area contributed by atoms with Crippen molar-refractivity contribution < 1.29 is 44.7 Å².